The maximum absolute atomic E-state index is 13.3. The Morgan fingerprint density at radius 2 is 1.68 bits per heavy atom. The Hall–Kier alpha value is -2.57. The first kappa shape index (κ1) is 20.3. The third-order valence-corrected chi connectivity index (χ3v) is 8.47. The van der Waals surface area contributed by atoms with Crippen LogP contribution in [0.15, 0.2) is 71.8 Å². The fraction of sp³-hybridized carbons (Fsp3) is 0.360. The lowest BCUT2D eigenvalue weighted by Crippen LogP contribution is -2.50. The quantitative estimate of drug-likeness (QED) is 0.642. The molecule has 0 unspecified atom stereocenters. The molecule has 6 heteroatoms. The molecule has 3 heterocycles. The van der Waals surface area contributed by atoms with Crippen LogP contribution in [0.5, 0.6) is 0 Å². The largest absolute Gasteiger partial charge is 0.372 e. The first-order valence-electron chi connectivity index (χ1n) is 11.0. The normalized spacial score (nSPS) is 17.9. The van der Waals surface area contributed by atoms with Gasteiger partial charge in [-0.1, -0.05) is 38.1 Å². The minimum Gasteiger partial charge on any atom is -0.372 e. The summed E-state index contributed by atoms with van der Waals surface area (Å²) in [6, 6.07) is 19.9. The molecule has 1 fully saturated rings. The van der Waals surface area contributed by atoms with Crippen LogP contribution in [-0.2, 0) is 22.0 Å². The molecule has 162 valence electrons. The van der Waals surface area contributed by atoms with Crippen LogP contribution in [0.4, 0.5) is 5.69 Å². The van der Waals surface area contributed by atoms with Crippen LogP contribution in [0.25, 0.3) is 5.69 Å². The van der Waals surface area contributed by atoms with Crippen LogP contribution in [0.2, 0.25) is 0 Å². The zero-order valence-electron chi connectivity index (χ0n) is 18.1. The average molecular weight is 436 g/mol. The van der Waals surface area contributed by atoms with E-state index in [0.29, 0.717) is 23.9 Å². The lowest BCUT2D eigenvalue weighted by molar-refractivity contribution is 0.247. The Labute approximate surface area is 184 Å². The molecule has 0 saturated carbocycles. The van der Waals surface area contributed by atoms with Gasteiger partial charge in [-0.25, -0.2) is 8.42 Å². The molecule has 2 aliphatic heterocycles. The van der Waals surface area contributed by atoms with Crippen LogP contribution in [0, 0.1) is 5.92 Å². The maximum Gasteiger partial charge on any atom is 0.243 e. The van der Waals surface area contributed by atoms with E-state index in [0.717, 1.165) is 30.6 Å². The topological polar surface area (TPSA) is 54.3 Å². The lowest BCUT2D eigenvalue weighted by atomic mass is 9.83. The summed E-state index contributed by atoms with van der Waals surface area (Å²) in [5.74, 6) is 0.549. The summed E-state index contributed by atoms with van der Waals surface area (Å²) in [5.41, 5.74) is 4.39. The van der Waals surface area contributed by atoms with E-state index in [-0.39, 0.29) is 5.54 Å². The Balaban J connectivity index is 1.37. The average Bonchev–Trinajstić information content (AvgIpc) is 3.26. The second-order valence-electron chi connectivity index (χ2n) is 9.13. The second kappa shape index (κ2) is 7.53. The van der Waals surface area contributed by atoms with E-state index in [1.54, 1.807) is 16.4 Å². The molecule has 1 N–H and O–H groups in total. The summed E-state index contributed by atoms with van der Waals surface area (Å²) in [6.07, 6.45) is 4.52. The highest BCUT2D eigenvalue weighted by Gasteiger charge is 2.43. The van der Waals surface area contributed by atoms with Crippen LogP contribution >= 0.6 is 0 Å². The van der Waals surface area contributed by atoms with E-state index in [4.69, 9.17) is 0 Å². The standard InChI is InChI=1S/C25H29N3O2S/c1-19(2)18-20-9-11-21(12-10-20)31(29,30)27-16-13-25(14-17-27)24-8-5-15-28(24)23-7-4-3-6-22(23)26-25/h3-12,15,19,26H,13-14,16-18H2,1-2H3. The number of sulfonamides is 1. The van der Waals surface area contributed by atoms with E-state index < -0.39 is 10.0 Å². The van der Waals surface area contributed by atoms with Crippen LogP contribution in [-0.4, -0.2) is 30.4 Å². The molecule has 2 aliphatic rings. The lowest BCUT2D eigenvalue weighted by Gasteiger charge is -2.45. The van der Waals surface area contributed by atoms with Gasteiger partial charge in [0.25, 0.3) is 0 Å². The number of nitrogens with zero attached hydrogens (tertiary/aromatic N) is 2. The summed E-state index contributed by atoms with van der Waals surface area (Å²) in [7, 11) is -3.49. The molecule has 0 atom stereocenters. The number of benzene rings is 2. The van der Waals surface area contributed by atoms with Gasteiger partial charge >= 0.3 is 0 Å². The number of hydrogen-bond acceptors (Lipinski definition) is 3. The number of nitrogens with one attached hydrogen (secondary N) is 1. The highest BCUT2D eigenvalue weighted by Crippen LogP contribution is 2.43. The zero-order valence-corrected chi connectivity index (χ0v) is 18.9. The van der Waals surface area contributed by atoms with Crippen molar-refractivity contribution in [2.24, 2.45) is 5.92 Å². The molecular formula is C25H29N3O2S. The molecule has 0 amide bonds. The van der Waals surface area contributed by atoms with Crippen molar-refractivity contribution in [3.8, 4) is 5.69 Å². The molecule has 3 aromatic rings. The molecule has 2 aromatic carbocycles. The highest BCUT2D eigenvalue weighted by atomic mass is 32.2. The predicted molar refractivity (Wildman–Crippen MR) is 124 cm³/mol. The Morgan fingerprint density at radius 1 is 0.968 bits per heavy atom. The molecular weight excluding hydrogens is 406 g/mol. The predicted octanol–water partition coefficient (Wildman–Crippen LogP) is 4.78. The minimum atomic E-state index is -3.49. The molecule has 5 rings (SSSR count). The summed E-state index contributed by atoms with van der Waals surface area (Å²) in [6.45, 7) is 5.33. The van der Waals surface area contributed by atoms with Gasteiger partial charge in [0.1, 0.15) is 0 Å². The number of para-hydroxylation sites is 2. The highest BCUT2D eigenvalue weighted by molar-refractivity contribution is 7.89. The number of fused-ring (bicyclic) bond motifs is 4. The van der Waals surface area contributed by atoms with Crippen LogP contribution in [0.3, 0.4) is 0 Å². The van der Waals surface area contributed by atoms with Gasteiger partial charge in [0.2, 0.25) is 10.0 Å². The van der Waals surface area contributed by atoms with Gasteiger partial charge in [-0.15, -0.1) is 0 Å². The van der Waals surface area contributed by atoms with Crippen molar-refractivity contribution in [3.05, 3.63) is 78.1 Å². The van der Waals surface area contributed by atoms with Crippen molar-refractivity contribution in [1.29, 1.82) is 0 Å². The van der Waals surface area contributed by atoms with Crippen LogP contribution < -0.4 is 5.32 Å². The minimum absolute atomic E-state index is 0.245. The van der Waals surface area contributed by atoms with Crippen molar-refractivity contribution in [1.82, 2.24) is 8.87 Å². The summed E-state index contributed by atoms with van der Waals surface area (Å²) in [5, 5.41) is 3.75. The molecule has 0 aliphatic carbocycles. The molecule has 1 aromatic heterocycles. The van der Waals surface area contributed by atoms with Gasteiger partial charge in [-0.2, -0.15) is 4.31 Å². The zero-order chi connectivity index (χ0) is 21.6. The number of hydrogen-bond donors (Lipinski definition) is 1. The molecule has 0 radical (unpaired) electrons. The smallest absolute Gasteiger partial charge is 0.243 e. The van der Waals surface area contributed by atoms with Gasteiger partial charge in [-0.3, -0.25) is 0 Å². The van der Waals surface area contributed by atoms with Crippen LogP contribution in [0.1, 0.15) is 37.9 Å². The van der Waals surface area contributed by atoms with Crippen molar-refractivity contribution in [3.63, 3.8) is 0 Å². The first-order chi connectivity index (χ1) is 14.9. The summed E-state index contributed by atoms with van der Waals surface area (Å²) in [4.78, 5) is 0.390. The molecule has 5 nitrogen and oxygen atoms in total. The fourth-order valence-electron chi connectivity index (χ4n) is 5.00. The summed E-state index contributed by atoms with van der Waals surface area (Å²) >= 11 is 0. The van der Waals surface area contributed by atoms with Gasteiger partial charge in [-0.05, 0) is 67.1 Å². The molecule has 1 saturated heterocycles. The third kappa shape index (κ3) is 3.48. The summed E-state index contributed by atoms with van der Waals surface area (Å²) < 4.78 is 30.5. The van der Waals surface area contributed by atoms with Crippen molar-refractivity contribution in [2.75, 3.05) is 18.4 Å². The monoisotopic (exact) mass is 435 g/mol. The second-order valence-corrected chi connectivity index (χ2v) is 11.1. The number of anilines is 1. The van der Waals surface area contributed by atoms with Crippen molar-refractivity contribution >= 4 is 15.7 Å². The Morgan fingerprint density at radius 3 is 2.39 bits per heavy atom. The van der Waals surface area contributed by atoms with E-state index >= 15 is 0 Å². The number of aromatic nitrogens is 1. The molecule has 31 heavy (non-hydrogen) atoms. The third-order valence-electron chi connectivity index (χ3n) is 6.56. The van der Waals surface area contributed by atoms with Gasteiger partial charge in [0, 0.05) is 25.0 Å². The maximum atomic E-state index is 13.3. The Kier molecular flexibility index (Phi) is 4.94. The van der Waals surface area contributed by atoms with Gasteiger partial charge in [0.15, 0.2) is 0 Å². The van der Waals surface area contributed by atoms with Gasteiger partial charge < -0.3 is 9.88 Å². The Bertz CT molecular complexity index is 1190. The van der Waals surface area contributed by atoms with Gasteiger partial charge in [0.05, 0.1) is 21.8 Å². The number of rotatable bonds is 4. The fourth-order valence-corrected chi connectivity index (χ4v) is 6.44. The molecule has 1 spiro atoms. The van der Waals surface area contributed by atoms with E-state index in [1.165, 1.54) is 11.3 Å². The van der Waals surface area contributed by atoms with Crippen molar-refractivity contribution < 1.29 is 8.42 Å². The van der Waals surface area contributed by atoms with Crippen molar-refractivity contribution in [2.45, 2.75) is 43.5 Å². The van der Waals surface area contributed by atoms with E-state index in [9.17, 15) is 8.42 Å². The SMILES string of the molecule is CC(C)Cc1ccc(S(=O)(=O)N2CCC3(CC2)Nc2ccccc2-n2cccc23)cc1. The van der Waals surface area contributed by atoms with E-state index in [2.05, 4.69) is 54.2 Å². The first-order valence-corrected chi connectivity index (χ1v) is 12.5. The van der Waals surface area contributed by atoms with E-state index in [1.807, 2.05) is 24.3 Å². The number of piperidine rings is 1. The molecule has 0 bridgehead atoms.